The van der Waals surface area contributed by atoms with Gasteiger partial charge < -0.3 is 19.8 Å². The summed E-state index contributed by atoms with van der Waals surface area (Å²) in [5.41, 5.74) is 3.38. The number of amides is 1. The molecule has 0 bridgehead atoms. The molecule has 3 aromatic rings. The van der Waals surface area contributed by atoms with Gasteiger partial charge in [0.15, 0.2) is 0 Å². The molecule has 0 saturated heterocycles. The van der Waals surface area contributed by atoms with Crippen molar-refractivity contribution in [1.29, 1.82) is 0 Å². The number of aromatic amines is 1. The Balaban J connectivity index is 1.62. The van der Waals surface area contributed by atoms with Crippen molar-refractivity contribution in [3.63, 3.8) is 0 Å². The average Bonchev–Trinajstić information content (AvgIpc) is 3.14. The number of hydrogen-bond donors (Lipinski definition) is 2. The molecule has 1 amide bonds. The van der Waals surface area contributed by atoms with Gasteiger partial charge >= 0.3 is 0 Å². The van der Waals surface area contributed by atoms with Crippen molar-refractivity contribution in [3.05, 3.63) is 83.9 Å². The zero-order chi connectivity index (χ0) is 17.8. The highest BCUT2D eigenvalue weighted by atomic mass is 16.6. The van der Waals surface area contributed by atoms with Gasteiger partial charge in [-0.25, -0.2) is 0 Å². The predicted molar refractivity (Wildman–Crippen MR) is 99.6 cm³/mol. The van der Waals surface area contributed by atoms with Crippen LogP contribution in [-0.4, -0.2) is 30.6 Å². The van der Waals surface area contributed by atoms with E-state index in [9.17, 15) is 4.79 Å². The van der Waals surface area contributed by atoms with E-state index in [1.54, 1.807) is 0 Å². The lowest BCUT2D eigenvalue weighted by atomic mass is 9.91. The summed E-state index contributed by atoms with van der Waals surface area (Å²) >= 11 is 0. The second kappa shape index (κ2) is 7.35. The maximum absolute atomic E-state index is 12.4. The van der Waals surface area contributed by atoms with Crippen LogP contribution in [0.15, 0.2) is 72.8 Å². The average molecular weight is 348 g/mol. The third kappa shape index (κ3) is 3.28. The minimum absolute atomic E-state index is 0.0291. The van der Waals surface area contributed by atoms with Crippen LogP contribution in [0.5, 0.6) is 0 Å². The fourth-order valence-corrected chi connectivity index (χ4v) is 3.24. The number of carbonyl (C=O) groups is 1. The van der Waals surface area contributed by atoms with Gasteiger partial charge in [0.2, 0.25) is 5.76 Å². The van der Waals surface area contributed by atoms with Crippen LogP contribution in [0.2, 0.25) is 0 Å². The number of carbonyl (C=O) groups excluding carboxylic acids is 1. The van der Waals surface area contributed by atoms with Crippen LogP contribution in [0.25, 0.3) is 10.9 Å². The lowest BCUT2D eigenvalue weighted by Gasteiger charge is -2.20. The van der Waals surface area contributed by atoms with Gasteiger partial charge in [-0.3, -0.25) is 4.79 Å². The fraction of sp³-hybridized carbons (Fsp3) is 0.190. The molecule has 5 heteroatoms. The number of nitrogens with one attached hydrogen (secondary N) is 2. The van der Waals surface area contributed by atoms with Crippen molar-refractivity contribution in [3.8, 4) is 0 Å². The highest BCUT2D eigenvalue weighted by molar-refractivity contribution is 5.91. The maximum atomic E-state index is 12.4. The third-order valence-corrected chi connectivity index (χ3v) is 4.54. The Bertz CT molecular complexity index is 931. The number of rotatable bonds is 5. The number of H-pyrrole nitrogens is 1. The Hall–Kier alpha value is -3.21. The molecular formula is C21H20N2O3. The maximum Gasteiger partial charge on any atom is 0.289 e. The summed E-state index contributed by atoms with van der Waals surface area (Å²) in [5, 5.41) is 4.14. The van der Waals surface area contributed by atoms with Crippen molar-refractivity contribution in [1.82, 2.24) is 10.3 Å². The van der Waals surface area contributed by atoms with Crippen molar-refractivity contribution in [2.75, 3.05) is 19.8 Å². The first-order chi connectivity index (χ1) is 12.8. The van der Waals surface area contributed by atoms with Crippen LogP contribution in [0.4, 0.5) is 0 Å². The van der Waals surface area contributed by atoms with Gasteiger partial charge in [0, 0.05) is 29.6 Å². The molecule has 1 aliphatic heterocycles. The van der Waals surface area contributed by atoms with E-state index in [2.05, 4.69) is 34.6 Å². The zero-order valence-corrected chi connectivity index (χ0v) is 14.3. The Morgan fingerprint density at radius 2 is 1.88 bits per heavy atom. The summed E-state index contributed by atoms with van der Waals surface area (Å²) < 4.78 is 10.5. The van der Waals surface area contributed by atoms with Gasteiger partial charge in [0.25, 0.3) is 5.91 Å². The van der Waals surface area contributed by atoms with Crippen LogP contribution in [0.1, 0.15) is 17.0 Å². The normalized spacial score (nSPS) is 14.8. The minimum Gasteiger partial charge on any atom is -0.494 e. The highest BCUT2D eigenvalue weighted by Crippen LogP contribution is 2.30. The van der Waals surface area contributed by atoms with Crippen LogP contribution < -0.4 is 5.32 Å². The molecule has 0 saturated carbocycles. The van der Waals surface area contributed by atoms with E-state index < -0.39 is 0 Å². The molecule has 1 atom stereocenters. The van der Waals surface area contributed by atoms with E-state index in [-0.39, 0.29) is 17.6 Å². The van der Waals surface area contributed by atoms with Crippen molar-refractivity contribution in [2.24, 2.45) is 0 Å². The number of hydrogen-bond acceptors (Lipinski definition) is 3. The van der Waals surface area contributed by atoms with Crippen LogP contribution in [0, 0.1) is 0 Å². The summed E-state index contributed by atoms with van der Waals surface area (Å²) in [6.07, 6.45) is 3.40. The smallest absolute Gasteiger partial charge is 0.289 e. The number of aromatic nitrogens is 1. The van der Waals surface area contributed by atoms with Gasteiger partial charge in [-0.05, 0) is 17.2 Å². The zero-order valence-electron chi connectivity index (χ0n) is 14.3. The Kier molecular flexibility index (Phi) is 4.60. The van der Waals surface area contributed by atoms with Gasteiger partial charge in [-0.1, -0.05) is 48.5 Å². The number of benzene rings is 2. The van der Waals surface area contributed by atoms with Crippen LogP contribution >= 0.6 is 0 Å². The molecule has 5 nitrogen and oxygen atoms in total. The standard InChI is InChI=1S/C21H20N2O3/c24-21(20-14-25-10-11-26-20)23-12-17(15-6-2-1-3-7-15)18-13-22-19-9-5-4-8-16(18)19/h1-9,13-14,17,22H,10-12H2,(H,23,24)/t17-/m0/s1. The van der Waals surface area contributed by atoms with Crippen LogP contribution in [-0.2, 0) is 14.3 Å². The Morgan fingerprint density at radius 1 is 1.08 bits per heavy atom. The summed E-state index contributed by atoms with van der Waals surface area (Å²) in [6.45, 7) is 1.33. The lowest BCUT2D eigenvalue weighted by molar-refractivity contribution is -0.122. The molecule has 0 aliphatic carbocycles. The van der Waals surface area contributed by atoms with E-state index in [0.29, 0.717) is 19.8 Å². The molecular weight excluding hydrogens is 328 g/mol. The van der Waals surface area contributed by atoms with Gasteiger partial charge in [-0.2, -0.15) is 0 Å². The molecule has 2 aromatic carbocycles. The topological polar surface area (TPSA) is 63.4 Å². The van der Waals surface area contributed by atoms with Crippen molar-refractivity contribution in [2.45, 2.75) is 5.92 Å². The van der Waals surface area contributed by atoms with Crippen molar-refractivity contribution >= 4 is 16.8 Å². The van der Waals surface area contributed by atoms with E-state index in [1.165, 1.54) is 6.26 Å². The van der Waals surface area contributed by atoms with Crippen molar-refractivity contribution < 1.29 is 14.3 Å². The summed E-state index contributed by atoms with van der Waals surface area (Å²) in [7, 11) is 0. The predicted octanol–water partition coefficient (Wildman–Crippen LogP) is 3.30. The monoisotopic (exact) mass is 348 g/mol. The summed E-state index contributed by atoms with van der Waals surface area (Å²) in [5.74, 6) is -0.00568. The second-order valence-corrected chi connectivity index (χ2v) is 6.16. The van der Waals surface area contributed by atoms with E-state index >= 15 is 0 Å². The van der Waals surface area contributed by atoms with Crippen LogP contribution in [0.3, 0.4) is 0 Å². The van der Waals surface area contributed by atoms with E-state index in [1.807, 2.05) is 36.5 Å². The SMILES string of the molecule is O=C(NC[C@@H](c1ccccc1)c1c[nH]c2ccccc12)C1=COCCO1. The van der Waals surface area contributed by atoms with Gasteiger partial charge in [0.05, 0.1) is 0 Å². The molecule has 0 radical (unpaired) electrons. The Morgan fingerprint density at radius 3 is 2.69 bits per heavy atom. The fourth-order valence-electron chi connectivity index (χ4n) is 3.24. The molecule has 2 N–H and O–H groups in total. The number of ether oxygens (including phenoxy) is 2. The van der Waals surface area contributed by atoms with Gasteiger partial charge in [-0.15, -0.1) is 0 Å². The first-order valence-electron chi connectivity index (χ1n) is 8.66. The molecule has 1 aliphatic rings. The summed E-state index contributed by atoms with van der Waals surface area (Å²) in [4.78, 5) is 15.7. The quantitative estimate of drug-likeness (QED) is 0.744. The second-order valence-electron chi connectivity index (χ2n) is 6.16. The van der Waals surface area contributed by atoms with E-state index in [4.69, 9.17) is 9.47 Å². The van der Waals surface area contributed by atoms with Gasteiger partial charge in [0.1, 0.15) is 19.5 Å². The molecule has 2 heterocycles. The molecule has 1 aromatic heterocycles. The number of para-hydroxylation sites is 1. The first-order valence-corrected chi connectivity index (χ1v) is 8.66. The number of fused-ring (bicyclic) bond motifs is 1. The lowest BCUT2D eigenvalue weighted by Crippen LogP contribution is -2.32. The molecule has 0 fully saturated rings. The molecule has 0 spiro atoms. The molecule has 26 heavy (non-hydrogen) atoms. The molecule has 4 rings (SSSR count). The highest BCUT2D eigenvalue weighted by Gasteiger charge is 2.21. The Labute approximate surface area is 151 Å². The third-order valence-electron chi connectivity index (χ3n) is 4.54. The minimum atomic E-state index is -0.259. The molecule has 0 unspecified atom stereocenters. The first kappa shape index (κ1) is 16.3. The van der Waals surface area contributed by atoms with E-state index in [0.717, 1.165) is 22.0 Å². The summed E-state index contributed by atoms with van der Waals surface area (Å²) in [6, 6.07) is 18.4. The largest absolute Gasteiger partial charge is 0.494 e. The molecule has 132 valence electrons.